The zero-order valence-corrected chi connectivity index (χ0v) is 26.7. The number of carbonyl (C=O) groups is 1. The first-order valence-corrected chi connectivity index (χ1v) is 15.9. The van der Waals surface area contributed by atoms with Gasteiger partial charge in [0.2, 0.25) is 0 Å². The summed E-state index contributed by atoms with van der Waals surface area (Å²) in [6.07, 6.45) is -0.134. The van der Waals surface area contributed by atoms with Crippen LogP contribution < -0.4 is 0 Å². The summed E-state index contributed by atoms with van der Waals surface area (Å²) in [6, 6.07) is 35.3. The summed E-state index contributed by atoms with van der Waals surface area (Å²) in [4.78, 5) is 18.7. The number of aromatic nitrogens is 1. The van der Waals surface area contributed by atoms with E-state index in [1.54, 1.807) is 0 Å². The molecule has 0 unspecified atom stereocenters. The van der Waals surface area contributed by atoms with Crippen molar-refractivity contribution in [1.82, 2.24) is 14.4 Å². The Labute approximate surface area is 266 Å². The molecule has 6 nitrogen and oxygen atoms in total. The van der Waals surface area contributed by atoms with Gasteiger partial charge in [-0.3, -0.25) is 9.69 Å². The molecule has 5 aromatic rings. The number of carbonyl (C=O) groups excluding carboxylic acids is 1. The molecule has 1 aromatic heterocycles. The molecule has 1 aliphatic rings. The van der Waals surface area contributed by atoms with Crippen molar-refractivity contribution in [2.75, 3.05) is 26.7 Å². The molecular weight excluding hydrogens is 558 g/mol. The second kappa shape index (κ2) is 13.4. The Kier molecular flexibility index (Phi) is 9.17. The van der Waals surface area contributed by atoms with E-state index in [2.05, 4.69) is 91.7 Å². The molecule has 0 saturated heterocycles. The van der Waals surface area contributed by atoms with Crippen molar-refractivity contribution >= 4 is 16.8 Å². The molecule has 0 radical (unpaired) electrons. The molecule has 0 spiro atoms. The van der Waals surface area contributed by atoms with E-state index in [1.807, 2.05) is 53.8 Å². The highest BCUT2D eigenvalue weighted by Crippen LogP contribution is 2.38. The number of hydrogen-bond donors (Lipinski definition) is 1. The fourth-order valence-corrected chi connectivity index (χ4v) is 6.64. The molecular formula is C39H43N3O3. The van der Waals surface area contributed by atoms with Crippen molar-refractivity contribution in [2.45, 2.75) is 39.1 Å². The van der Waals surface area contributed by atoms with Crippen LogP contribution >= 0.6 is 0 Å². The van der Waals surface area contributed by atoms with Crippen molar-refractivity contribution < 1.29 is 14.6 Å². The second-order valence-electron chi connectivity index (χ2n) is 12.5. The Hall–Kier alpha value is -4.23. The van der Waals surface area contributed by atoms with Gasteiger partial charge in [0.1, 0.15) is 5.69 Å². The topological polar surface area (TPSA) is 57.9 Å². The van der Waals surface area contributed by atoms with Gasteiger partial charge in [0, 0.05) is 49.1 Å². The minimum Gasteiger partial charge on any atom is -0.394 e. The first kappa shape index (κ1) is 30.8. The molecule has 0 saturated carbocycles. The Morgan fingerprint density at radius 2 is 1.58 bits per heavy atom. The number of nitrogens with zero attached hydrogens (tertiary/aromatic N) is 3. The predicted octanol–water partition coefficient (Wildman–Crippen LogP) is 7.00. The summed E-state index contributed by atoms with van der Waals surface area (Å²) < 4.78 is 8.79. The molecule has 1 aliphatic heterocycles. The van der Waals surface area contributed by atoms with E-state index >= 15 is 0 Å². The van der Waals surface area contributed by atoms with Crippen LogP contribution in [0.15, 0.2) is 103 Å². The van der Waals surface area contributed by atoms with Crippen LogP contribution in [0.2, 0.25) is 0 Å². The lowest BCUT2D eigenvalue weighted by atomic mass is 9.96. The monoisotopic (exact) mass is 601 g/mol. The minimum atomic E-state index is -0.344. The van der Waals surface area contributed by atoms with Gasteiger partial charge < -0.3 is 19.3 Å². The normalized spacial score (nSPS) is 18.0. The number of aliphatic hydroxyl groups excluding tert-OH is 1. The lowest BCUT2D eigenvalue weighted by molar-refractivity contribution is -0.0242. The van der Waals surface area contributed by atoms with E-state index in [0.29, 0.717) is 25.4 Å². The summed E-state index contributed by atoms with van der Waals surface area (Å²) in [5, 5.41) is 11.3. The van der Waals surface area contributed by atoms with Gasteiger partial charge in [0.05, 0.1) is 25.4 Å². The Bertz CT molecular complexity index is 1760. The van der Waals surface area contributed by atoms with Crippen molar-refractivity contribution in [3.05, 3.63) is 120 Å². The summed E-state index contributed by atoms with van der Waals surface area (Å²) in [5.41, 5.74) is 8.29. The third-order valence-corrected chi connectivity index (χ3v) is 9.23. The average molecular weight is 602 g/mol. The number of likely N-dealkylation sites (N-methyl/N-ethyl adjacent to an activating group) is 1. The molecule has 6 rings (SSSR count). The summed E-state index contributed by atoms with van der Waals surface area (Å²) >= 11 is 0. The summed E-state index contributed by atoms with van der Waals surface area (Å²) in [6.45, 7) is 6.37. The number of benzene rings is 4. The van der Waals surface area contributed by atoms with Gasteiger partial charge in [-0.2, -0.15) is 0 Å². The molecule has 45 heavy (non-hydrogen) atoms. The van der Waals surface area contributed by atoms with Crippen LogP contribution in [0.25, 0.3) is 33.2 Å². The van der Waals surface area contributed by atoms with E-state index in [4.69, 9.17) is 4.74 Å². The number of fused-ring (bicyclic) bond motifs is 5. The average Bonchev–Trinajstić information content (AvgIpc) is 3.36. The molecule has 0 fully saturated rings. The van der Waals surface area contributed by atoms with E-state index in [-0.39, 0.29) is 30.6 Å². The van der Waals surface area contributed by atoms with Crippen LogP contribution in [0.5, 0.6) is 0 Å². The summed E-state index contributed by atoms with van der Waals surface area (Å²) in [5.74, 6) is -0.0475. The third kappa shape index (κ3) is 6.32. The van der Waals surface area contributed by atoms with Crippen LogP contribution in [-0.4, -0.2) is 64.3 Å². The standard InChI is InChI=1S/C39H43N3O3/c1-27-22-42(28(2)25-43)39(44)38-37(34-16-10-11-17-35(34)41(38)4)33-15-9-8-14-32(33)26-45-36(27)24-40(3)23-29-18-20-31(21-19-29)30-12-6-5-7-13-30/h5-21,27-28,36,43H,22-26H2,1-4H3/t27-,28-,36+/m1/s1. The molecule has 0 aliphatic carbocycles. The van der Waals surface area contributed by atoms with Crippen molar-refractivity contribution in [1.29, 1.82) is 0 Å². The molecule has 2 heterocycles. The first-order valence-electron chi connectivity index (χ1n) is 15.9. The highest BCUT2D eigenvalue weighted by molar-refractivity contribution is 6.10. The van der Waals surface area contributed by atoms with Crippen LogP contribution in [0.1, 0.15) is 35.5 Å². The molecule has 232 valence electrons. The van der Waals surface area contributed by atoms with E-state index in [1.165, 1.54) is 16.7 Å². The van der Waals surface area contributed by atoms with Crippen molar-refractivity contribution in [3.8, 4) is 22.3 Å². The number of amides is 1. The zero-order valence-electron chi connectivity index (χ0n) is 26.7. The van der Waals surface area contributed by atoms with E-state index in [9.17, 15) is 9.90 Å². The van der Waals surface area contributed by atoms with E-state index < -0.39 is 0 Å². The number of aryl methyl sites for hydroxylation is 1. The van der Waals surface area contributed by atoms with Gasteiger partial charge in [-0.05, 0) is 47.9 Å². The van der Waals surface area contributed by atoms with Crippen LogP contribution in [-0.2, 0) is 24.9 Å². The zero-order chi connectivity index (χ0) is 31.5. The Balaban J connectivity index is 1.31. The smallest absolute Gasteiger partial charge is 0.271 e. The molecule has 6 heteroatoms. The first-order chi connectivity index (χ1) is 21.9. The lowest BCUT2D eigenvalue weighted by Gasteiger charge is -2.35. The quantitative estimate of drug-likeness (QED) is 0.218. The predicted molar refractivity (Wildman–Crippen MR) is 182 cm³/mol. The van der Waals surface area contributed by atoms with Crippen LogP contribution in [0, 0.1) is 5.92 Å². The summed E-state index contributed by atoms with van der Waals surface area (Å²) in [7, 11) is 4.09. The molecule has 3 atom stereocenters. The van der Waals surface area contributed by atoms with Gasteiger partial charge in [-0.15, -0.1) is 0 Å². The molecule has 1 N–H and O–H groups in total. The number of aliphatic hydroxyl groups is 1. The molecule has 4 aromatic carbocycles. The molecule has 0 bridgehead atoms. The maximum Gasteiger partial charge on any atom is 0.271 e. The number of hydrogen-bond acceptors (Lipinski definition) is 4. The van der Waals surface area contributed by atoms with E-state index in [0.717, 1.165) is 34.1 Å². The van der Waals surface area contributed by atoms with Gasteiger partial charge in [-0.1, -0.05) is 104 Å². The maximum absolute atomic E-state index is 14.6. The fraction of sp³-hybridized carbons (Fsp3) is 0.308. The SMILES string of the molecule is C[C@@H]1CN([C@H](C)CO)C(=O)c2c(c3ccccc3n2C)-c2ccccc2CO[C@H]1CN(C)Cc1ccc(-c2ccccc2)cc1. The van der Waals surface area contributed by atoms with Gasteiger partial charge in [0.25, 0.3) is 5.91 Å². The number of ether oxygens (including phenoxy) is 1. The van der Waals surface area contributed by atoms with Gasteiger partial charge in [0.15, 0.2) is 0 Å². The minimum absolute atomic E-state index is 0.0225. The third-order valence-electron chi connectivity index (χ3n) is 9.23. The molecule has 1 amide bonds. The van der Waals surface area contributed by atoms with Gasteiger partial charge >= 0.3 is 0 Å². The second-order valence-corrected chi connectivity index (χ2v) is 12.5. The highest BCUT2D eigenvalue weighted by atomic mass is 16.5. The van der Waals surface area contributed by atoms with Crippen molar-refractivity contribution in [2.24, 2.45) is 13.0 Å². The van der Waals surface area contributed by atoms with Gasteiger partial charge in [-0.25, -0.2) is 0 Å². The lowest BCUT2D eigenvalue weighted by Crippen LogP contribution is -2.47. The Morgan fingerprint density at radius 1 is 0.911 bits per heavy atom. The van der Waals surface area contributed by atoms with Crippen molar-refractivity contribution in [3.63, 3.8) is 0 Å². The van der Waals surface area contributed by atoms with Crippen LogP contribution in [0.4, 0.5) is 0 Å². The maximum atomic E-state index is 14.6. The number of rotatable bonds is 7. The fourth-order valence-electron chi connectivity index (χ4n) is 6.64. The van der Waals surface area contributed by atoms with Crippen LogP contribution in [0.3, 0.4) is 0 Å². The highest BCUT2D eigenvalue weighted by Gasteiger charge is 2.33. The Morgan fingerprint density at radius 3 is 2.33 bits per heavy atom. The number of para-hydroxylation sites is 1. The largest absolute Gasteiger partial charge is 0.394 e.